The van der Waals surface area contributed by atoms with Crippen LogP contribution >= 0.6 is 0 Å². The van der Waals surface area contributed by atoms with E-state index in [1.54, 1.807) is 51.4 Å². The molecular weight excluding hydrogens is 144 g/mol. The summed E-state index contributed by atoms with van der Waals surface area (Å²) >= 11 is 0. The standard InChI is InChI=1S/C12H20/c1-2-7-11-9(4-1)5-3-6-10-8-12(10)11/h9-12H,1-8H2. The Bertz CT molecular complexity index is 173. The van der Waals surface area contributed by atoms with E-state index in [9.17, 15) is 0 Å². The van der Waals surface area contributed by atoms with Crippen molar-refractivity contribution in [1.29, 1.82) is 0 Å². The summed E-state index contributed by atoms with van der Waals surface area (Å²) in [4.78, 5) is 0. The molecule has 0 bridgehead atoms. The summed E-state index contributed by atoms with van der Waals surface area (Å²) in [6, 6.07) is 0. The molecule has 4 unspecified atom stereocenters. The smallest absolute Gasteiger partial charge is 0.0352 e. The molecule has 3 aliphatic carbocycles. The fraction of sp³-hybridized carbons (Fsp3) is 1.00. The Morgan fingerprint density at radius 1 is 0.583 bits per heavy atom. The van der Waals surface area contributed by atoms with Crippen molar-refractivity contribution < 1.29 is 0 Å². The van der Waals surface area contributed by atoms with Gasteiger partial charge >= 0.3 is 0 Å². The van der Waals surface area contributed by atoms with Gasteiger partial charge < -0.3 is 0 Å². The monoisotopic (exact) mass is 164 g/mol. The van der Waals surface area contributed by atoms with Gasteiger partial charge in [-0.1, -0.05) is 38.5 Å². The molecule has 12 heavy (non-hydrogen) atoms. The maximum absolute atomic E-state index is 1.61. The highest BCUT2D eigenvalue weighted by atomic mass is 14.5. The Kier molecular flexibility index (Phi) is 1.70. The van der Waals surface area contributed by atoms with Crippen molar-refractivity contribution in [2.75, 3.05) is 0 Å². The van der Waals surface area contributed by atoms with Gasteiger partial charge in [-0.2, -0.15) is 0 Å². The molecule has 0 spiro atoms. The van der Waals surface area contributed by atoms with Crippen LogP contribution in [-0.2, 0) is 0 Å². The van der Waals surface area contributed by atoms with Crippen molar-refractivity contribution in [2.45, 2.75) is 51.4 Å². The fourth-order valence-corrected chi connectivity index (χ4v) is 3.93. The largest absolute Gasteiger partial charge is 0.0530 e. The summed E-state index contributed by atoms with van der Waals surface area (Å²) in [6.45, 7) is 0. The van der Waals surface area contributed by atoms with Crippen LogP contribution in [0.5, 0.6) is 0 Å². The van der Waals surface area contributed by atoms with Gasteiger partial charge in [0.25, 0.3) is 0 Å². The van der Waals surface area contributed by atoms with E-state index in [0.29, 0.717) is 0 Å². The first kappa shape index (κ1) is 7.41. The lowest BCUT2D eigenvalue weighted by molar-refractivity contribution is 0.203. The van der Waals surface area contributed by atoms with Crippen molar-refractivity contribution in [1.82, 2.24) is 0 Å². The average molecular weight is 164 g/mol. The van der Waals surface area contributed by atoms with E-state index in [1.807, 2.05) is 0 Å². The maximum atomic E-state index is 1.61. The Hall–Kier alpha value is 0. The first-order chi connectivity index (χ1) is 5.95. The molecule has 0 aliphatic heterocycles. The van der Waals surface area contributed by atoms with Crippen LogP contribution in [0.3, 0.4) is 0 Å². The highest BCUT2D eigenvalue weighted by Crippen LogP contribution is 2.56. The minimum absolute atomic E-state index is 1.16. The quantitative estimate of drug-likeness (QED) is 0.513. The molecule has 0 saturated heterocycles. The highest BCUT2D eigenvalue weighted by molar-refractivity contribution is 4.97. The molecule has 0 aromatic heterocycles. The molecule has 0 radical (unpaired) electrons. The van der Waals surface area contributed by atoms with Crippen molar-refractivity contribution in [2.24, 2.45) is 23.7 Å². The average Bonchev–Trinajstić information content (AvgIpc) is 2.82. The second-order valence-electron chi connectivity index (χ2n) is 5.30. The lowest BCUT2D eigenvalue weighted by Gasteiger charge is -2.30. The van der Waals surface area contributed by atoms with Crippen LogP contribution < -0.4 is 0 Å². The van der Waals surface area contributed by atoms with Gasteiger partial charge in [0.05, 0.1) is 0 Å². The summed E-state index contributed by atoms with van der Waals surface area (Å²) in [6.07, 6.45) is 12.6. The van der Waals surface area contributed by atoms with E-state index in [-0.39, 0.29) is 0 Å². The lowest BCUT2D eigenvalue weighted by atomic mass is 9.75. The van der Waals surface area contributed by atoms with Crippen LogP contribution in [0.15, 0.2) is 0 Å². The zero-order valence-electron chi connectivity index (χ0n) is 7.97. The molecule has 0 N–H and O–H groups in total. The van der Waals surface area contributed by atoms with Crippen LogP contribution in [0.25, 0.3) is 0 Å². The second-order valence-corrected chi connectivity index (χ2v) is 5.30. The third-order valence-corrected chi connectivity index (χ3v) is 4.64. The van der Waals surface area contributed by atoms with Crippen molar-refractivity contribution in [3.05, 3.63) is 0 Å². The third kappa shape index (κ3) is 1.11. The summed E-state index contributed by atoms with van der Waals surface area (Å²) in [7, 11) is 0. The van der Waals surface area contributed by atoms with Crippen LogP contribution in [-0.4, -0.2) is 0 Å². The molecule has 0 aromatic carbocycles. The normalized spacial score (nSPS) is 52.0. The maximum Gasteiger partial charge on any atom is -0.0352 e. The van der Waals surface area contributed by atoms with Gasteiger partial charge in [-0.05, 0) is 36.5 Å². The van der Waals surface area contributed by atoms with E-state index in [4.69, 9.17) is 0 Å². The van der Waals surface area contributed by atoms with Gasteiger partial charge in [0, 0.05) is 0 Å². The predicted octanol–water partition coefficient (Wildman–Crippen LogP) is 3.61. The zero-order valence-corrected chi connectivity index (χ0v) is 7.97. The van der Waals surface area contributed by atoms with Gasteiger partial charge in [-0.3, -0.25) is 0 Å². The number of rotatable bonds is 0. The van der Waals surface area contributed by atoms with E-state index >= 15 is 0 Å². The van der Waals surface area contributed by atoms with E-state index in [1.165, 1.54) is 17.8 Å². The lowest BCUT2D eigenvalue weighted by Crippen LogP contribution is -2.20. The molecule has 3 rings (SSSR count). The molecular formula is C12H20. The first-order valence-electron chi connectivity index (χ1n) is 5.95. The SMILES string of the molecule is C1CCC2C(C1)CCCC1CC12. The van der Waals surface area contributed by atoms with E-state index in [2.05, 4.69) is 0 Å². The van der Waals surface area contributed by atoms with E-state index < -0.39 is 0 Å². The Labute approximate surface area is 75.7 Å². The third-order valence-electron chi connectivity index (χ3n) is 4.64. The van der Waals surface area contributed by atoms with Crippen LogP contribution in [0, 0.1) is 23.7 Å². The van der Waals surface area contributed by atoms with Crippen molar-refractivity contribution >= 4 is 0 Å². The molecule has 0 heterocycles. The second kappa shape index (κ2) is 2.75. The molecule has 0 heteroatoms. The van der Waals surface area contributed by atoms with Crippen LogP contribution in [0.4, 0.5) is 0 Å². The molecule has 0 amide bonds. The predicted molar refractivity (Wildman–Crippen MR) is 50.9 cm³/mol. The highest BCUT2D eigenvalue weighted by Gasteiger charge is 2.47. The Balaban J connectivity index is 1.76. The van der Waals surface area contributed by atoms with Crippen LogP contribution in [0.1, 0.15) is 51.4 Å². The molecule has 0 nitrogen and oxygen atoms in total. The topological polar surface area (TPSA) is 0 Å². The summed E-state index contributed by atoms with van der Waals surface area (Å²) in [5, 5.41) is 0. The molecule has 3 aliphatic rings. The summed E-state index contributed by atoms with van der Waals surface area (Å²) in [5.41, 5.74) is 0. The van der Waals surface area contributed by atoms with Gasteiger partial charge in [0.1, 0.15) is 0 Å². The fourth-order valence-electron chi connectivity index (χ4n) is 3.93. The molecule has 0 aromatic rings. The first-order valence-corrected chi connectivity index (χ1v) is 5.95. The molecule has 3 saturated carbocycles. The Morgan fingerprint density at radius 2 is 1.33 bits per heavy atom. The molecule has 4 atom stereocenters. The van der Waals surface area contributed by atoms with E-state index in [0.717, 1.165) is 5.92 Å². The zero-order chi connectivity index (χ0) is 7.97. The number of hydrogen-bond donors (Lipinski definition) is 0. The summed E-state index contributed by atoms with van der Waals surface area (Å²) < 4.78 is 0. The molecule has 3 fully saturated rings. The Morgan fingerprint density at radius 3 is 2.33 bits per heavy atom. The minimum Gasteiger partial charge on any atom is -0.0530 e. The summed E-state index contributed by atoms with van der Waals surface area (Å²) in [5.74, 6) is 4.75. The van der Waals surface area contributed by atoms with Crippen LogP contribution in [0.2, 0.25) is 0 Å². The van der Waals surface area contributed by atoms with Crippen molar-refractivity contribution in [3.63, 3.8) is 0 Å². The minimum atomic E-state index is 1.16. The van der Waals surface area contributed by atoms with Crippen molar-refractivity contribution in [3.8, 4) is 0 Å². The van der Waals surface area contributed by atoms with Gasteiger partial charge in [-0.25, -0.2) is 0 Å². The molecule has 68 valence electrons. The number of hydrogen-bond acceptors (Lipinski definition) is 0. The van der Waals surface area contributed by atoms with Gasteiger partial charge in [-0.15, -0.1) is 0 Å². The van der Waals surface area contributed by atoms with Gasteiger partial charge in [0.15, 0.2) is 0 Å². The number of fused-ring (bicyclic) bond motifs is 3. The van der Waals surface area contributed by atoms with Gasteiger partial charge in [0.2, 0.25) is 0 Å².